The average molecular weight is 1270 g/mol. The van der Waals surface area contributed by atoms with Crippen molar-refractivity contribution in [1.29, 1.82) is 5.26 Å². The fourth-order valence-corrected chi connectivity index (χ4v) is 12.4. The lowest BCUT2D eigenvalue weighted by Gasteiger charge is -2.42. The number of amides is 1. The van der Waals surface area contributed by atoms with Gasteiger partial charge in [0.1, 0.15) is 44.1 Å². The predicted molar refractivity (Wildman–Crippen MR) is 361 cm³/mol. The lowest BCUT2D eigenvalue weighted by molar-refractivity contribution is -0.167. The Hall–Kier alpha value is -6.05. The number of benzene rings is 1. The number of rotatable bonds is 50. The number of esters is 4. The molecule has 0 radical (unpaired) electrons. The Morgan fingerprint density at radius 3 is 1.60 bits per heavy atom. The molecule has 3 heterocycles. The molecule has 17 heteroatoms. The zero-order valence-electron chi connectivity index (χ0n) is 57.5. The summed E-state index contributed by atoms with van der Waals surface area (Å²) in [6.07, 6.45) is 41.6. The third kappa shape index (κ3) is 31.9. The van der Waals surface area contributed by atoms with Crippen LogP contribution in [0.2, 0.25) is 0 Å². The first-order chi connectivity index (χ1) is 44.1. The van der Waals surface area contributed by atoms with Crippen LogP contribution in [0.25, 0.3) is 11.0 Å². The number of nitriles is 1. The average Bonchev–Trinajstić information content (AvgIpc) is 1.95. The van der Waals surface area contributed by atoms with E-state index in [1.165, 1.54) is 139 Å². The fraction of sp³-hybridized carbons (Fsp3) is 0.743. The highest BCUT2D eigenvalue weighted by molar-refractivity contribution is 5.93. The number of likely N-dealkylation sites (N-methyl/N-ethyl adjacent to an activating group) is 1. The van der Waals surface area contributed by atoms with Crippen molar-refractivity contribution in [2.24, 2.45) is 11.8 Å². The number of aryl methyl sites for hydroxylation is 2. The van der Waals surface area contributed by atoms with E-state index in [4.69, 9.17) is 28.9 Å². The van der Waals surface area contributed by atoms with E-state index in [9.17, 15) is 28.8 Å². The third-order valence-electron chi connectivity index (χ3n) is 18.1. The smallest absolute Gasteiger partial charge is 0.420 e. The summed E-state index contributed by atoms with van der Waals surface area (Å²) in [7, 11) is 1.92. The summed E-state index contributed by atoms with van der Waals surface area (Å²) < 4.78 is 30.0. The molecule has 0 N–H and O–H groups in total. The summed E-state index contributed by atoms with van der Waals surface area (Å²) in [6.45, 7) is 13.2. The summed E-state index contributed by atoms with van der Waals surface area (Å²) in [6, 6.07) is 7.39. The molecular formula is C74H118N6O11. The van der Waals surface area contributed by atoms with Gasteiger partial charge in [-0.15, -0.1) is 0 Å². The SMILES string of the molecule is CCCCCCCCCCCCCCCC(=O)OCC(COC(=O)CCCCCCCCCCCCCCC)OC(=O)CC(C)CCCCCCCCC(=O)Oc1c(C)cc(COC(=O)n2ccc3c(N(C)[C@H]4CN(C(=O)CC#N)CC[C@H]4C)ncnc32)cc1C. The number of unbranched alkanes of at least 4 members (excludes halogenated alkanes) is 29. The van der Waals surface area contributed by atoms with Gasteiger partial charge in [0.25, 0.3) is 0 Å². The van der Waals surface area contributed by atoms with Crippen LogP contribution in [0.1, 0.15) is 295 Å². The Kier molecular flexibility index (Phi) is 39.9. The number of aromatic nitrogens is 3. The van der Waals surface area contributed by atoms with Crippen LogP contribution < -0.4 is 9.64 Å². The van der Waals surface area contributed by atoms with Crippen molar-refractivity contribution in [3.05, 3.63) is 47.4 Å². The maximum atomic E-state index is 13.5. The van der Waals surface area contributed by atoms with Gasteiger partial charge in [0, 0.05) is 52.0 Å². The van der Waals surface area contributed by atoms with Gasteiger partial charge in [-0.3, -0.25) is 24.0 Å². The maximum absolute atomic E-state index is 13.5. The molecule has 1 aromatic carbocycles. The van der Waals surface area contributed by atoms with E-state index < -0.39 is 18.2 Å². The zero-order chi connectivity index (χ0) is 65.9. The molecule has 1 aliphatic heterocycles. The zero-order valence-corrected chi connectivity index (χ0v) is 57.5. The predicted octanol–water partition coefficient (Wildman–Crippen LogP) is 17.8. The number of piperidine rings is 1. The Morgan fingerprint density at radius 1 is 0.637 bits per heavy atom. The first-order valence-electron chi connectivity index (χ1n) is 35.8. The molecule has 1 fully saturated rings. The van der Waals surface area contributed by atoms with Crippen molar-refractivity contribution in [2.45, 2.75) is 311 Å². The Bertz CT molecular complexity index is 2550. The highest BCUT2D eigenvalue weighted by Gasteiger charge is 2.33. The van der Waals surface area contributed by atoms with Crippen LogP contribution in [0, 0.1) is 37.0 Å². The second-order valence-corrected chi connectivity index (χ2v) is 26.3. The molecule has 4 rings (SSSR count). The molecule has 0 aliphatic carbocycles. The van der Waals surface area contributed by atoms with Gasteiger partial charge in [-0.25, -0.2) is 19.3 Å². The quantitative estimate of drug-likeness (QED) is 0.0223. The number of hydrogen-bond acceptors (Lipinski definition) is 15. The second-order valence-electron chi connectivity index (χ2n) is 26.3. The number of ether oxygens (including phenoxy) is 5. The third-order valence-corrected chi connectivity index (χ3v) is 18.1. The summed E-state index contributed by atoms with van der Waals surface area (Å²) >= 11 is 0. The second kappa shape index (κ2) is 46.9. The van der Waals surface area contributed by atoms with Crippen LogP contribution in [0.5, 0.6) is 5.75 Å². The number of fused-ring (bicyclic) bond motifs is 1. The van der Waals surface area contributed by atoms with Crippen molar-refractivity contribution >= 4 is 52.7 Å². The lowest BCUT2D eigenvalue weighted by Crippen LogP contribution is -2.52. The number of nitrogens with zero attached hydrogens (tertiary/aromatic N) is 6. The molecule has 2 aromatic heterocycles. The minimum absolute atomic E-state index is 0.0106. The van der Waals surface area contributed by atoms with Crippen molar-refractivity contribution in [2.75, 3.05) is 38.3 Å². The molecular weight excluding hydrogens is 1150 g/mol. The molecule has 17 nitrogen and oxygen atoms in total. The highest BCUT2D eigenvalue weighted by Crippen LogP contribution is 2.31. The largest absolute Gasteiger partial charge is 0.462 e. The number of anilines is 1. The fourth-order valence-electron chi connectivity index (χ4n) is 12.4. The van der Waals surface area contributed by atoms with E-state index in [1.807, 2.05) is 50.9 Å². The normalized spacial score (nSPS) is 14.3. The van der Waals surface area contributed by atoms with Crippen molar-refractivity contribution in [1.82, 2.24) is 19.4 Å². The van der Waals surface area contributed by atoms with Gasteiger partial charge in [0.05, 0.1) is 17.5 Å². The minimum Gasteiger partial charge on any atom is -0.462 e. The number of carbonyl (C=O) groups is 6. The highest BCUT2D eigenvalue weighted by atomic mass is 16.6. The first kappa shape index (κ1) is 77.4. The van der Waals surface area contributed by atoms with E-state index in [1.54, 1.807) is 17.2 Å². The standard InChI is InChI=1S/C74H118N6O11/c1-8-10-12-14-16-18-20-22-24-26-28-33-37-41-67(82)87-55-63(56-88-68(83)42-38-34-29-27-25-23-21-19-17-15-13-11-9-2)90-70(85)50-58(3)40-36-32-30-31-35-39-43-69(84)91-71-60(5)51-62(52-61(71)6)54-89-74(86)80-49-46-64-72(76-57-77-73(64)80)78(7)65-53-79(48-45-59(65)4)66(81)44-47-75/h46,49,51-52,57-59,63,65H,8-45,48,50,53-56H2,1-7H3/t58?,59-,65+/m1/s1. The molecule has 0 saturated carbocycles. The van der Waals surface area contributed by atoms with Gasteiger partial charge in [-0.2, -0.15) is 5.26 Å². The van der Waals surface area contributed by atoms with Crippen LogP contribution in [0.15, 0.2) is 30.7 Å². The monoisotopic (exact) mass is 1270 g/mol. The molecule has 1 unspecified atom stereocenters. The molecule has 1 amide bonds. The van der Waals surface area contributed by atoms with Gasteiger partial charge < -0.3 is 33.5 Å². The van der Waals surface area contributed by atoms with E-state index >= 15 is 0 Å². The van der Waals surface area contributed by atoms with E-state index in [-0.39, 0.29) is 74.4 Å². The molecule has 1 saturated heterocycles. The van der Waals surface area contributed by atoms with Crippen molar-refractivity contribution in [3.8, 4) is 11.8 Å². The molecule has 3 aromatic rings. The molecule has 91 heavy (non-hydrogen) atoms. The Balaban J connectivity index is 1.11. The van der Waals surface area contributed by atoms with E-state index in [2.05, 4.69) is 30.7 Å². The van der Waals surface area contributed by atoms with Gasteiger partial charge in [0.15, 0.2) is 11.8 Å². The number of carbonyl (C=O) groups excluding carboxylic acids is 6. The van der Waals surface area contributed by atoms with E-state index in [0.717, 1.165) is 100 Å². The summed E-state index contributed by atoms with van der Waals surface area (Å²) in [5.41, 5.74) is 2.65. The van der Waals surface area contributed by atoms with Gasteiger partial charge in [-0.1, -0.05) is 220 Å². The Morgan fingerprint density at radius 2 is 1.11 bits per heavy atom. The van der Waals surface area contributed by atoms with Crippen molar-refractivity contribution < 1.29 is 52.5 Å². The van der Waals surface area contributed by atoms with Crippen LogP contribution in [0.3, 0.4) is 0 Å². The molecule has 1 aliphatic rings. The first-order valence-corrected chi connectivity index (χ1v) is 35.8. The van der Waals surface area contributed by atoms with Gasteiger partial charge in [0.2, 0.25) is 5.91 Å². The number of hydrogen-bond donors (Lipinski definition) is 0. The molecule has 510 valence electrons. The summed E-state index contributed by atoms with van der Waals surface area (Å²) in [5, 5.41) is 9.74. The van der Waals surface area contributed by atoms with Crippen LogP contribution in [-0.4, -0.2) is 101 Å². The number of likely N-dealkylation sites (tertiary alicyclic amines) is 1. The summed E-state index contributed by atoms with van der Waals surface area (Å²) in [5.74, 6) is -0.0450. The molecule has 0 spiro atoms. The van der Waals surface area contributed by atoms with Crippen LogP contribution >= 0.6 is 0 Å². The maximum Gasteiger partial charge on any atom is 0.420 e. The topological polar surface area (TPSA) is 210 Å². The minimum atomic E-state index is -0.858. The van der Waals surface area contributed by atoms with E-state index in [0.29, 0.717) is 61.4 Å². The lowest BCUT2D eigenvalue weighted by atomic mass is 9.92. The van der Waals surface area contributed by atoms with Crippen molar-refractivity contribution in [3.63, 3.8) is 0 Å². The summed E-state index contributed by atoms with van der Waals surface area (Å²) in [4.78, 5) is 90.6. The molecule has 0 bridgehead atoms. The Labute approximate surface area is 547 Å². The van der Waals surface area contributed by atoms with Crippen LogP contribution in [0.4, 0.5) is 10.6 Å². The van der Waals surface area contributed by atoms with Crippen LogP contribution in [-0.2, 0) is 49.5 Å². The van der Waals surface area contributed by atoms with Gasteiger partial charge >= 0.3 is 30.0 Å². The van der Waals surface area contributed by atoms with Gasteiger partial charge in [-0.05, 0) is 86.3 Å². The molecule has 3 atom stereocenters.